The van der Waals surface area contributed by atoms with Gasteiger partial charge in [-0.1, -0.05) is 0 Å². The molecule has 112 valence electrons. The van der Waals surface area contributed by atoms with E-state index in [1.807, 2.05) is 0 Å². The van der Waals surface area contributed by atoms with E-state index in [2.05, 4.69) is 49.2 Å². The third kappa shape index (κ3) is 2.68. The number of benzene rings is 1. The van der Waals surface area contributed by atoms with Crippen molar-refractivity contribution < 1.29 is 4.74 Å². The Morgan fingerprint density at radius 1 is 1.24 bits per heavy atom. The van der Waals surface area contributed by atoms with Crippen LogP contribution in [0.1, 0.15) is 18.2 Å². The van der Waals surface area contributed by atoms with Crippen molar-refractivity contribution in [3.05, 3.63) is 29.5 Å². The van der Waals surface area contributed by atoms with E-state index in [0.717, 1.165) is 44.1 Å². The normalized spacial score (nSPS) is 15.5. The summed E-state index contributed by atoms with van der Waals surface area (Å²) in [5, 5.41) is 4.72. The molecule has 0 atom stereocenters. The smallest absolute Gasteiger partial charge is 0.0727 e. The highest BCUT2D eigenvalue weighted by atomic mass is 16.5. The highest BCUT2D eigenvalue weighted by molar-refractivity contribution is 5.95. The summed E-state index contributed by atoms with van der Waals surface area (Å²) in [6.45, 7) is 10.8. The molecule has 4 heteroatoms. The van der Waals surface area contributed by atoms with E-state index in [4.69, 9.17) is 9.72 Å². The molecule has 4 nitrogen and oxygen atoms in total. The number of nitrogens with zero attached hydrogens (tertiary/aromatic N) is 2. The molecule has 0 spiro atoms. The van der Waals surface area contributed by atoms with Crippen LogP contribution in [0.25, 0.3) is 10.9 Å². The Morgan fingerprint density at radius 3 is 2.71 bits per heavy atom. The van der Waals surface area contributed by atoms with Crippen LogP contribution in [0.2, 0.25) is 0 Å². The van der Waals surface area contributed by atoms with E-state index in [9.17, 15) is 0 Å². The molecule has 3 rings (SSSR count). The first-order valence-electron chi connectivity index (χ1n) is 7.68. The average Bonchev–Trinajstić information content (AvgIpc) is 2.52. The Bertz CT molecular complexity index is 648. The minimum atomic E-state index is 0.809. The third-order valence-electron chi connectivity index (χ3n) is 4.19. The van der Waals surface area contributed by atoms with Gasteiger partial charge < -0.3 is 15.0 Å². The number of ether oxygens (including phenoxy) is 1. The lowest BCUT2D eigenvalue weighted by Crippen LogP contribution is -2.36. The molecule has 0 aliphatic carbocycles. The van der Waals surface area contributed by atoms with Gasteiger partial charge in [-0.25, -0.2) is 0 Å². The molecule has 1 fully saturated rings. The zero-order valence-corrected chi connectivity index (χ0v) is 13.1. The molecule has 21 heavy (non-hydrogen) atoms. The van der Waals surface area contributed by atoms with Gasteiger partial charge in [0.25, 0.3) is 0 Å². The Labute approximate surface area is 126 Å². The van der Waals surface area contributed by atoms with Crippen molar-refractivity contribution >= 4 is 22.3 Å². The van der Waals surface area contributed by atoms with Gasteiger partial charge in [-0.2, -0.15) is 0 Å². The summed E-state index contributed by atoms with van der Waals surface area (Å²) in [5.41, 5.74) is 5.87. The molecule has 0 saturated carbocycles. The fourth-order valence-corrected chi connectivity index (χ4v) is 2.89. The number of fused-ring (bicyclic) bond motifs is 1. The maximum atomic E-state index is 5.44. The number of anilines is 2. The summed E-state index contributed by atoms with van der Waals surface area (Å²) < 4.78 is 5.44. The van der Waals surface area contributed by atoms with E-state index in [0.29, 0.717) is 0 Å². The minimum Gasteiger partial charge on any atom is -0.385 e. The highest BCUT2D eigenvalue weighted by Gasteiger charge is 2.14. The highest BCUT2D eigenvalue weighted by Crippen LogP contribution is 2.31. The van der Waals surface area contributed by atoms with Crippen LogP contribution in [0.4, 0.5) is 11.4 Å². The lowest BCUT2D eigenvalue weighted by atomic mass is 10.1. The maximum absolute atomic E-state index is 5.44. The molecule has 2 heterocycles. The van der Waals surface area contributed by atoms with Crippen LogP contribution in [0.3, 0.4) is 0 Å². The molecule has 0 unspecified atom stereocenters. The van der Waals surface area contributed by atoms with Crippen molar-refractivity contribution in [3.8, 4) is 0 Å². The van der Waals surface area contributed by atoms with Crippen LogP contribution in [0.5, 0.6) is 0 Å². The second-order valence-corrected chi connectivity index (χ2v) is 5.53. The van der Waals surface area contributed by atoms with Crippen molar-refractivity contribution in [3.63, 3.8) is 0 Å². The van der Waals surface area contributed by atoms with E-state index in [1.54, 1.807) is 0 Å². The molecular formula is C17H23N3O. The lowest BCUT2D eigenvalue weighted by molar-refractivity contribution is 0.122. The second-order valence-electron chi connectivity index (χ2n) is 5.53. The lowest BCUT2D eigenvalue weighted by Gasteiger charge is -2.29. The quantitative estimate of drug-likeness (QED) is 0.940. The molecule has 0 bridgehead atoms. The van der Waals surface area contributed by atoms with Crippen molar-refractivity contribution in [2.45, 2.75) is 20.8 Å². The van der Waals surface area contributed by atoms with Gasteiger partial charge in [-0.05, 0) is 44.5 Å². The van der Waals surface area contributed by atoms with Gasteiger partial charge in [0.2, 0.25) is 0 Å². The van der Waals surface area contributed by atoms with Gasteiger partial charge in [0.15, 0.2) is 0 Å². The topological polar surface area (TPSA) is 37.4 Å². The van der Waals surface area contributed by atoms with Gasteiger partial charge in [0, 0.05) is 42.1 Å². The van der Waals surface area contributed by atoms with E-state index < -0.39 is 0 Å². The van der Waals surface area contributed by atoms with Crippen LogP contribution in [-0.2, 0) is 4.74 Å². The summed E-state index contributed by atoms with van der Waals surface area (Å²) in [7, 11) is 0. The number of aryl methyl sites for hydroxylation is 1. The molecule has 2 aromatic rings. The summed E-state index contributed by atoms with van der Waals surface area (Å²) in [6.07, 6.45) is 0. The number of rotatable bonds is 3. The van der Waals surface area contributed by atoms with Crippen LogP contribution in [0.15, 0.2) is 18.2 Å². The summed E-state index contributed by atoms with van der Waals surface area (Å²) in [4.78, 5) is 7.10. The monoisotopic (exact) mass is 285 g/mol. The number of aromatic nitrogens is 1. The van der Waals surface area contributed by atoms with E-state index >= 15 is 0 Å². The molecule has 0 radical (unpaired) electrons. The van der Waals surface area contributed by atoms with Crippen molar-refractivity contribution in [1.82, 2.24) is 4.98 Å². The van der Waals surface area contributed by atoms with Crippen molar-refractivity contribution in [2.24, 2.45) is 0 Å². The average molecular weight is 285 g/mol. The van der Waals surface area contributed by atoms with Gasteiger partial charge in [-0.15, -0.1) is 0 Å². The molecule has 0 amide bonds. The van der Waals surface area contributed by atoms with E-state index in [-0.39, 0.29) is 0 Å². The van der Waals surface area contributed by atoms with Gasteiger partial charge >= 0.3 is 0 Å². The summed E-state index contributed by atoms with van der Waals surface area (Å²) in [6, 6.07) is 6.57. The molecule has 1 N–H and O–H groups in total. The molecule has 1 aromatic carbocycles. The first-order valence-corrected chi connectivity index (χ1v) is 7.68. The Hall–Kier alpha value is -1.81. The zero-order valence-electron chi connectivity index (χ0n) is 13.1. The van der Waals surface area contributed by atoms with E-state index in [1.165, 1.54) is 22.3 Å². The standard InChI is InChI=1S/C17H23N3O/c1-4-18-17-12(2)13(3)19-16-6-5-14(11-15(16)17)20-7-9-21-10-8-20/h5-6,11H,4,7-10H2,1-3H3,(H,18,19). The van der Waals surface area contributed by atoms with Crippen LogP contribution >= 0.6 is 0 Å². The molecule has 1 aliphatic heterocycles. The Morgan fingerprint density at radius 2 is 2.00 bits per heavy atom. The first-order chi connectivity index (χ1) is 10.2. The molecule has 1 saturated heterocycles. The molecule has 1 aliphatic rings. The number of morpholine rings is 1. The van der Waals surface area contributed by atoms with Crippen molar-refractivity contribution in [2.75, 3.05) is 43.1 Å². The first kappa shape index (κ1) is 14.1. The van der Waals surface area contributed by atoms with Crippen molar-refractivity contribution in [1.29, 1.82) is 0 Å². The fraction of sp³-hybridized carbons (Fsp3) is 0.471. The molecule has 1 aromatic heterocycles. The summed E-state index contributed by atoms with van der Waals surface area (Å²) >= 11 is 0. The second kappa shape index (κ2) is 5.90. The predicted molar refractivity (Wildman–Crippen MR) is 88.4 cm³/mol. The van der Waals surface area contributed by atoms with Crippen LogP contribution in [0, 0.1) is 13.8 Å². The number of hydrogen-bond donors (Lipinski definition) is 1. The Balaban J connectivity index is 2.10. The Kier molecular flexibility index (Phi) is 3.97. The number of nitrogens with one attached hydrogen (secondary N) is 1. The fourth-order valence-electron chi connectivity index (χ4n) is 2.89. The SMILES string of the molecule is CCNc1c(C)c(C)nc2ccc(N3CCOCC3)cc12. The largest absolute Gasteiger partial charge is 0.385 e. The number of hydrogen-bond acceptors (Lipinski definition) is 4. The molecular weight excluding hydrogens is 262 g/mol. The van der Waals surface area contributed by atoms with Gasteiger partial charge in [-0.3, -0.25) is 4.98 Å². The minimum absolute atomic E-state index is 0.809. The summed E-state index contributed by atoms with van der Waals surface area (Å²) in [5.74, 6) is 0. The van der Waals surface area contributed by atoms with Gasteiger partial charge in [0.05, 0.1) is 18.7 Å². The van der Waals surface area contributed by atoms with Crippen LogP contribution < -0.4 is 10.2 Å². The third-order valence-corrected chi connectivity index (χ3v) is 4.19. The van der Waals surface area contributed by atoms with Crippen LogP contribution in [-0.4, -0.2) is 37.8 Å². The predicted octanol–water partition coefficient (Wildman–Crippen LogP) is 3.12. The maximum Gasteiger partial charge on any atom is 0.0727 e. The number of pyridine rings is 1. The zero-order chi connectivity index (χ0) is 14.8. The van der Waals surface area contributed by atoms with Gasteiger partial charge in [0.1, 0.15) is 0 Å².